The van der Waals surface area contributed by atoms with E-state index in [-0.39, 0.29) is 22.8 Å². The van der Waals surface area contributed by atoms with Crippen LogP contribution in [-0.4, -0.2) is 23.2 Å². The molecule has 0 bridgehead atoms. The van der Waals surface area contributed by atoms with E-state index >= 15 is 0 Å². The molecular formula is C21H22N2O4. The summed E-state index contributed by atoms with van der Waals surface area (Å²) in [6.45, 7) is 2.21. The minimum Gasteiger partial charge on any atom is -0.478 e. The van der Waals surface area contributed by atoms with Gasteiger partial charge in [0.1, 0.15) is 11.5 Å². The number of rotatable bonds is 5. The molecule has 2 aromatic rings. The van der Waals surface area contributed by atoms with Gasteiger partial charge in [0.05, 0.1) is 11.8 Å². The lowest BCUT2D eigenvalue weighted by atomic mass is 9.90. The van der Waals surface area contributed by atoms with Crippen LogP contribution in [0.3, 0.4) is 0 Å². The number of hydrazone groups is 1. The Bertz CT molecular complexity index is 899. The number of carboxylic acids is 1. The van der Waals surface area contributed by atoms with E-state index in [0.29, 0.717) is 17.4 Å². The maximum atomic E-state index is 12.4. The highest BCUT2D eigenvalue weighted by molar-refractivity contribution is 5.88. The first-order chi connectivity index (χ1) is 13.0. The van der Waals surface area contributed by atoms with Gasteiger partial charge in [0, 0.05) is 11.5 Å². The molecule has 2 saturated carbocycles. The average Bonchev–Trinajstić information content (AvgIpc) is 3.03. The molecule has 4 rings (SSSR count). The van der Waals surface area contributed by atoms with Crippen molar-refractivity contribution in [1.82, 2.24) is 5.43 Å². The van der Waals surface area contributed by atoms with E-state index in [1.54, 1.807) is 24.3 Å². The van der Waals surface area contributed by atoms with E-state index in [4.69, 9.17) is 9.52 Å². The monoisotopic (exact) mass is 366 g/mol. The van der Waals surface area contributed by atoms with Gasteiger partial charge in [0.15, 0.2) is 0 Å². The molecule has 1 amide bonds. The zero-order valence-corrected chi connectivity index (χ0v) is 15.1. The van der Waals surface area contributed by atoms with Crippen molar-refractivity contribution in [2.24, 2.45) is 22.4 Å². The number of furan rings is 1. The first-order valence-corrected chi connectivity index (χ1v) is 9.25. The first kappa shape index (κ1) is 17.5. The van der Waals surface area contributed by atoms with Crippen LogP contribution in [0.15, 0.2) is 45.9 Å². The van der Waals surface area contributed by atoms with Gasteiger partial charge >= 0.3 is 5.97 Å². The molecule has 27 heavy (non-hydrogen) atoms. The summed E-state index contributed by atoms with van der Waals surface area (Å²) in [6.07, 6.45) is 6.18. The Morgan fingerprint density at radius 3 is 2.67 bits per heavy atom. The third-order valence-corrected chi connectivity index (χ3v) is 6.02. The highest BCUT2D eigenvalue weighted by atomic mass is 16.4. The third-order valence-electron chi connectivity index (χ3n) is 6.02. The van der Waals surface area contributed by atoms with Gasteiger partial charge in [-0.05, 0) is 48.4 Å². The Morgan fingerprint density at radius 2 is 2.00 bits per heavy atom. The Balaban J connectivity index is 1.36. The Morgan fingerprint density at radius 1 is 1.22 bits per heavy atom. The molecule has 3 atom stereocenters. The number of carbonyl (C=O) groups is 2. The van der Waals surface area contributed by atoms with Crippen molar-refractivity contribution in [3.05, 3.63) is 47.7 Å². The van der Waals surface area contributed by atoms with Crippen LogP contribution in [0.4, 0.5) is 0 Å². The smallest absolute Gasteiger partial charge is 0.335 e. The molecule has 2 aliphatic carbocycles. The van der Waals surface area contributed by atoms with Crippen LogP contribution in [0.5, 0.6) is 0 Å². The number of nitrogens with zero attached hydrogens (tertiary/aromatic N) is 1. The second kappa shape index (κ2) is 6.68. The number of amides is 1. The summed E-state index contributed by atoms with van der Waals surface area (Å²) in [6, 6.07) is 10.00. The van der Waals surface area contributed by atoms with Crippen molar-refractivity contribution in [2.45, 2.75) is 32.6 Å². The van der Waals surface area contributed by atoms with Crippen LogP contribution in [0.2, 0.25) is 0 Å². The van der Waals surface area contributed by atoms with Gasteiger partial charge in [0.2, 0.25) is 5.91 Å². The van der Waals surface area contributed by atoms with Crippen LogP contribution in [-0.2, 0) is 4.79 Å². The van der Waals surface area contributed by atoms with Gasteiger partial charge in [-0.25, -0.2) is 10.2 Å². The van der Waals surface area contributed by atoms with Crippen LogP contribution in [0.25, 0.3) is 11.3 Å². The van der Waals surface area contributed by atoms with E-state index in [0.717, 1.165) is 18.4 Å². The van der Waals surface area contributed by atoms with Crippen molar-refractivity contribution in [3.8, 4) is 11.3 Å². The molecule has 1 heterocycles. The molecule has 140 valence electrons. The molecule has 0 saturated heterocycles. The van der Waals surface area contributed by atoms with Gasteiger partial charge in [-0.2, -0.15) is 5.10 Å². The number of nitrogens with one attached hydrogen (secondary N) is 1. The molecule has 0 radical (unpaired) electrons. The lowest BCUT2D eigenvalue weighted by molar-refractivity contribution is -0.123. The molecule has 0 aliphatic heterocycles. The normalized spacial score (nSPS) is 26.6. The summed E-state index contributed by atoms with van der Waals surface area (Å²) in [5.41, 5.74) is 3.82. The predicted molar refractivity (Wildman–Crippen MR) is 100 cm³/mol. The zero-order chi connectivity index (χ0) is 19.0. The number of carboxylic acid groups (broad SMARTS) is 1. The number of hydrogen-bond acceptors (Lipinski definition) is 4. The molecule has 6 heteroatoms. The van der Waals surface area contributed by atoms with E-state index in [1.165, 1.54) is 31.2 Å². The molecular weight excluding hydrogens is 344 g/mol. The summed E-state index contributed by atoms with van der Waals surface area (Å²) < 4.78 is 5.69. The van der Waals surface area contributed by atoms with Gasteiger partial charge in [-0.1, -0.05) is 31.9 Å². The maximum Gasteiger partial charge on any atom is 0.335 e. The highest BCUT2D eigenvalue weighted by Crippen LogP contribution is 2.66. The number of benzene rings is 1. The minimum atomic E-state index is -0.964. The lowest BCUT2D eigenvalue weighted by Crippen LogP contribution is -2.22. The molecule has 0 unspecified atom stereocenters. The fourth-order valence-electron chi connectivity index (χ4n) is 4.43. The first-order valence-electron chi connectivity index (χ1n) is 9.25. The lowest BCUT2D eigenvalue weighted by Gasteiger charge is -2.15. The summed E-state index contributed by atoms with van der Waals surface area (Å²) >= 11 is 0. The maximum absolute atomic E-state index is 12.4. The van der Waals surface area contributed by atoms with Crippen LogP contribution in [0.1, 0.15) is 48.7 Å². The fraction of sp³-hybridized carbons (Fsp3) is 0.381. The van der Waals surface area contributed by atoms with Crippen molar-refractivity contribution >= 4 is 18.1 Å². The summed E-state index contributed by atoms with van der Waals surface area (Å²) in [5, 5.41) is 13.0. The summed E-state index contributed by atoms with van der Waals surface area (Å²) in [7, 11) is 0. The molecule has 1 aromatic heterocycles. The zero-order valence-electron chi connectivity index (χ0n) is 15.1. The minimum absolute atomic E-state index is 0.00307. The molecule has 2 aliphatic rings. The predicted octanol–water partition coefficient (Wildman–Crippen LogP) is 3.92. The van der Waals surface area contributed by atoms with Crippen LogP contribution in [0, 0.1) is 17.3 Å². The number of aromatic carboxylic acids is 1. The van der Waals surface area contributed by atoms with E-state index in [9.17, 15) is 9.59 Å². The molecule has 2 N–H and O–H groups in total. The van der Waals surface area contributed by atoms with Gasteiger partial charge in [-0.3, -0.25) is 4.79 Å². The molecule has 1 aromatic carbocycles. The Labute approximate surface area is 157 Å². The SMILES string of the molecule is C[C@@]12CCCC[C@H]1[C@@H]2C(=O)N/N=C\c1ccc(-c2ccc(C(=O)O)cc2)o1. The Hall–Kier alpha value is -2.89. The van der Waals surface area contributed by atoms with Gasteiger partial charge in [0.25, 0.3) is 0 Å². The van der Waals surface area contributed by atoms with Crippen LogP contribution >= 0.6 is 0 Å². The van der Waals surface area contributed by atoms with Crippen molar-refractivity contribution < 1.29 is 19.1 Å². The fourth-order valence-corrected chi connectivity index (χ4v) is 4.43. The number of hydrogen-bond donors (Lipinski definition) is 2. The van der Waals surface area contributed by atoms with Crippen molar-refractivity contribution in [1.29, 1.82) is 0 Å². The quantitative estimate of drug-likeness (QED) is 0.620. The number of fused-ring (bicyclic) bond motifs is 1. The largest absolute Gasteiger partial charge is 0.478 e. The van der Waals surface area contributed by atoms with Gasteiger partial charge < -0.3 is 9.52 Å². The van der Waals surface area contributed by atoms with Gasteiger partial charge in [-0.15, -0.1) is 0 Å². The molecule has 0 spiro atoms. The summed E-state index contributed by atoms with van der Waals surface area (Å²) in [4.78, 5) is 23.3. The second-order valence-electron chi connectivity index (χ2n) is 7.65. The van der Waals surface area contributed by atoms with Crippen molar-refractivity contribution in [2.75, 3.05) is 0 Å². The van der Waals surface area contributed by atoms with Crippen molar-refractivity contribution in [3.63, 3.8) is 0 Å². The average molecular weight is 366 g/mol. The summed E-state index contributed by atoms with van der Waals surface area (Å²) in [5.74, 6) is 0.751. The van der Waals surface area contributed by atoms with Crippen LogP contribution < -0.4 is 5.43 Å². The van der Waals surface area contributed by atoms with E-state index < -0.39 is 5.97 Å². The topological polar surface area (TPSA) is 91.9 Å². The molecule has 6 nitrogen and oxygen atoms in total. The third kappa shape index (κ3) is 3.27. The second-order valence-corrected chi connectivity index (χ2v) is 7.65. The van der Waals surface area contributed by atoms with E-state index in [1.807, 2.05) is 0 Å². The van der Waals surface area contributed by atoms with E-state index in [2.05, 4.69) is 17.5 Å². The Kier molecular flexibility index (Phi) is 4.34. The number of carbonyl (C=O) groups excluding carboxylic acids is 1. The molecule has 2 fully saturated rings. The highest BCUT2D eigenvalue weighted by Gasteiger charge is 2.64. The standard InChI is InChI=1S/C21H22N2O4/c1-21-11-3-2-4-16(21)18(21)19(24)23-22-12-15-9-10-17(27-15)13-5-7-14(8-6-13)20(25)26/h5-10,12,16,18H,2-4,11H2,1H3,(H,23,24)(H,25,26)/b22-12-/t16-,18+,21+/m0/s1.